The van der Waals surface area contributed by atoms with Crippen LogP contribution < -0.4 is 4.90 Å². The number of aromatic amines is 1. The number of carbonyl (C=O) groups is 1. The molecule has 2 aromatic carbocycles. The molecular weight excluding hydrogens is 527 g/mol. The average molecular weight is 560 g/mol. The lowest BCUT2D eigenvalue weighted by Gasteiger charge is -2.48. The number of carbonyl (C=O) groups excluding carboxylic acids is 1. The van der Waals surface area contributed by atoms with Gasteiger partial charge in [0.25, 0.3) is 5.91 Å². The van der Waals surface area contributed by atoms with Crippen molar-refractivity contribution in [2.75, 3.05) is 10.7 Å². The number of rotatable bonds is 8. The Morgan fingerprint density at radius 1 is 1.14 bits per heavy atom. The van der Waals surface area contributed by atoms with Gasteiger partial charge in [-0.1, -0.05) is 61.3 Å². The fourth-order valence-corrected chi connectivity index (χ4v) is 6.55. The van der Waals surface area contributed by atoms with Gasteiger partial charge in [0.2, 0.25) is 0 Å². The first kappa shape index (κ1) is 26.5. The highest BCUT2D eigenvalue weighted by atomic mass is 35.5. The number of amides is 1. The minimum absolute atomic E-state index is 0.0633. The Hall–Kier alpha value is -2.06. The van der Waals surface area contributed by atoms with E-state index in [1.807, 2.05) is 59.1 Å². The minimum atomic E-state index is -0.701. The summed E-state index contributed by atoms with van der Waals surface area (Å²) in [5.41, 5.74) is 2.55. The molecule has 6 nitrogen and oxygen atoms in total. The molecule has 5 rings (SSSR count). The van der Waals surface area contributed by atoms with Crippen LogP contribution >= 0.6 is 35.0 Å². The Kier molecular flexibility index (Phi) is 7.87. The number of benzene rings is 2. The van der Waals surface area contributed by atoms with E-state index >= 15 is 0 Å². The summed E-state index contributed by atoms with van der Waals surface area (Å²) in [5, 5.41) is 11.9. The van der Waals surface area contributed by atoms with Crippen molar-refractivity contribution in [1.82, 2.24) is 15.4 Å². The largest absolute Gasteiger partial charge is 0.358 e. The highest BCUT2D eigenvalue weighted by Crippen LogP contribution is 2.49. The lowest BCUT2D eigenvalue weighted by atomic mass is 9.84. The monoisotopic (exact) mass is 558 g/mol. The molecule has 1 N–H and O–H groups in total. The number of nitrogens with one attached hydrogen (secondary N) is 1. The van der Waals surface area contributed by atoms with Crippen molar-refractivity contribution < 1.29 is 9.53 Å². The number of anilines is 1. The van der Waals surface area contributed by atoms with Gasteiger partial charge in [-0.15, -0.1) is 5.10 Å². The predicted molar refractivity (Wildman–Crippen MR) is 150 cm³/mol. The van der Waals surface area contributed by atoms with E-state index in [4.69, 9.17) is 27.9 Å². The van der Waals surface area contributed by atoms with Crippen molar-refractivity contribution in [3.05, 3.63) is 76.0 Å². The third kappa shape index (κ3) is 6.33. The van der Waals surface area contributed by atoms with Gasteiger partial charge in [-0.3, -0.25) is 9.89 Å². The minimum Gasteiger partial charge on any atom is -0.358 e. The maximum Gasteiger partial charge on any atom is 0.256 e. The van der Waals surface area contributed by atoms with Crippen molar-refractivity contribution in [2.24, 2.45) is 11.8 Å². The fraction of sp³-hybridized carbons (Fsp3) is 0.464. The van der Waals surface area contributed by atoms with Crippen LogP contribution in [0.3, 0.4) is 0 Å². The van der Waals surface area contributed by atoms with E-state index in [9.17, 15) is 4.79 Å². The molecule has 37 heavy (non-hydrogen) atoms. The van der Waals surface area contributed by atoms with Gasteiger partial charge < -0.3 is 9.64 Å². The standard InChI is InChI=1S/C28H32Cl2N4O2S/c1-28(2,3)37-16-23(17-7-8-17)25-26(18-5-4-6-20(30)13-18)36-24(14-21-15-31-33-32-21)27(35)34(25)22-11-9-19(29)10-12-22/h4-6,9-13,15,17,23-26H,7-8,14,16H2,1-3H3,(H,31,32,33)/t23?,24-,25+,26+/m0/s1. The Labute approximate surface area is 232 Å². The maximum atomic E-state index is 14.2. The van der Waals surface area contributed by atoms with Crippen molar-refractivity contribution in [2.45, 2.75) is 63.0 Å². The summed E-state index contributed by atoms with van der Waals surface area (Å²) in [4.78, 5) is 16.2. The molecule has 1 aromatic heterocycles. The maximum absolute atomic E-state index is 14.2. The van der Waals surface area contributed by atoms with Crippen LogP contribution in [0.5, 0.6) is 0 Å². The lowest BCUT2D eigenvalue weighted by Crippen LogP contribution is -2.59. The first-order chi connectivity index (χ1) is 17.7. The predicted octanol–water partition coefficient (Wildman–Crippen LogP) is 6.75. The summed E-state index contributed by atoms with van der Waals surface area (Å²) < 4.78 is 6.84. The molecule has 2 heterocycles. The number of hydrogen-bond donors (Lipinski definition) is 1. The zero-order chi connectivity index (χ0) is 26.2. The second-order valence-corrected chi connectivity index (χ2v) is 13.6. The van der Waals surface area contributed by atoms with E-state index in [0.717, 1.165) is 22.7 Å². The van der Waals surface area contributed by atoms with Crippen LogP contribution in [-0.4, -0.2) is 44.0 Å². The van der Waals surface area contributed by atoms with Gasteiger partial charge in [-0.05, 0) is 72.4 Å². The molecule has 2 aliphatic rings. The Balaban J connectivity index is 1.61. The molecule has 1 unspecified atom stereocenters. The summed E-state index contributed by atoms with van der Waals surface area (Å²) in [5.74, 6) is 1.67. The molecule has 1 saturated carbocycles. The van der Waals surface area contributed by atoms with Gasteiger partial charge in [0, 0.05) is 26.9 Å². The normalized spacial score (nSPS) is 23.3. The third-order valence-electron chi connectivity index (χ3n) is 6.96. The van der Waals surface area contributed by atoms with Crippen molar-refractivity contribution in [3.63, 3.8) is 0 Å². The van der Waals surface area contributed by atoms with Gasteiger partial charge in [0.05, 0.1) is 17.9 Å². The molecule has 0 spiro atoms. The summed E-state index contributed by atoms with van der Waals surface area (Å²) >= 11 is 14.7. The zero-order valence-corrected chi connectivity index (χ0v) is 23.6. The molecule has 0 bridgehead atoms. The number of hydrogen-bond acceptors (Lipinski definition) is 5. The van der Waals surface area contributed by atoms with Gasteiger partial charge in [-0.25, -0.2) is 0 Å². The lowest BCUT2D eigenvalue weighted by molar-refractivity contribution is -0.146. The number of nitrogens with zero attached hydrogens (tertiary/aromatic N) is 3. The molecule has 1 amide bonds. The number of aromatic nitrogens is 3. The van der Waals surface area contributed by atoms with E-state index in [0.29, 0.717) is 22.4 Å². The van der Waals surface area contributed by atoms with Gasteiger partial charge in [0.15, 0.2) is 0 Å². The first-order valence-corrected chi connectivity index (χ1v) is 14.4. The Bertz CT molecular complexity index is 1210. The van der Waals surface area contributed by atoms with E-state index in [-0.39, 0.29) is 28.7 Å². The Morgan fingerprint density at radius 2 is 1.89 bits per heavy atom. The summed E-state index contributed by atoms with van der Waals surface area (Å²) in [6, 6.07) is 15.2. The number of thioether (sulfide) groups is 1. The van der Waals surface area contributed by atoms with Gasteiger partial charge in [0.1, 0.15) is 12.2 Å². The highest BCUT2D eigenvalue weighted by Gasteiger charge is 2.51. The smallest absolute Gasteiger partial charge is 0.256 e. The number of H-pyrrole nitrogens is 1. The van der Waals surface area contributed by atoms with E-state index < -0.39 is 6.10 Å². The zero-order valence-electron chi connectivity index (χ0n) is 21.2. The summed E-state index contributed by atoms with van der Waals surface area (Å²) in [7, 11) is 0. The fourth-order valence-electron chi connectivity index (χ4n) is 5.07. The molecule has 9 heteroatoms. The second-order valence-electron chi connectivity index (χ2n) is 10.9. The second kappa shape index (κ2) is 11.0. The number of halogens is 2. The van der Waals surface area contributed by atoms with Crippen LogP contribution in [0.1, 0.15) is 51.0 Å². The van der Waals surface area contributed by atoms with Crippen molar-refractivity contribution in [1.29, 1.82) is 0 Å². The molecule has 1 saturated heterocycles. The molecule has 196 valence electrons. The average Bonchev–Trinajstić information content (AvgIpc) is 3.56. The number of ether oxygens (including phenoxy) is 1. The molecule has 3 aromatic rings. The number of morpholine rings is 1. The molecule has 1 aliphatic carbocycles. The van der Waals surface area contributed by atoms with Crippen LogP contribution in [0.25, 0.3) is 0 Å². The highest BCUT2D eigenvalue weighted by molar-refractivity contribution is 8.00. The molecule has 4 atom stereocenters. The van der Waals surface area contributed by atoms with E-state index in [2.05, 4.69) is 42.2 Å². The van der Waals surface area contributed by atoms with E-state index in [1.54, 1.807) is 6.20 Å². The van der Waals surface area contributed by atoms with E-state index in [1.165, 1.54) is 12.8 Å². The molecule has 0 radical (unpaired) electrons. The molecule has 2 fully saturated rings. The van der Waals surface area contributed by atoms with Crippen LogP contribution in [-0.2, 0) is 16.0 Å². The first-order valence-electron chi connectivity index (χ1n) is 12.7. The summed E-state index contributed by atoms with van der Waals surface area (Å²) in [6.45, 7) is 6.72. The van der Waals surface area contributed by atoms with Crippen LogP contribution in [0.15, 0.2) is 54.7 Å². The topological polar surface area (TPSA) is 71.1 Å². The van der Waals surface area contributed by atoms with Crippen molar-refractivity contribution >= 4 is 46.6 Å². The van der Waals surface area contributed by atoms with Crippen LogP contribution in [0.4, 0.5) is 5.69 Å². The van der Waals surface area contributed by atoms with Crippen molar-refractivity contribution in [3.8, 4) is 0 Å². The Morgan fingerprint density at radius 3 is 2.51 bits per heavy atom. The summed E-state index contributed by atoms with van der Waals surface area (Å²) in [6.07, 6.45) is 3.27. The quantitative estimate of drug-likeness (QED) is 0.331. The molecule has 1 aliphatic heterocycles. The SMILES string of the molecule is CC(C)(C)SCC(C1CC1)[C@@H]1[C@@H](c2cccc(Cl)c2)O[C@@H](Cc2cnn[nH]2)C(=O)N1c1ccc(Cl)cc1. The van der Waals surface area contributed by atoms with Gasteiger partial charge in [-0.2, -0.15) is 11.8 Å². The van der Waals surface area contributed by atoms with Gasteiger partial charge >= 0.3 is 0 Å². The third-order valence-corrected chi connectivity index (χ3v) is 8.86. The van der Waals surface area contributed by atoms with Crippen LogP contribution in [0.2, 0.25) is 10.0 Å². The van der Waals surface area contributed by atoms with Crippen LogP contribution in [0, 0.1) is 11.8 Å². The molecular formula is C28H32Cl2N4O2S.